The predicted octanol–water partition coefficient (Wildman–Crippen LogP) is 1.32. The Morgan fingerprint density at radius 1 is 1.24 bits per heavy atom. The van der Waals surface area contributed by atoms with Crippen molar-refractivity contribution in [2.75, 3.05) is 40.4 Å². The van der Waals surface area contributed by atoms with E-state index in [-0.39, 0.29) is 6.29 Å². The molecule has 1 heterocycles. The first-order valence-corrected chi connectivity index (χ1v) is 6.67. The average Bonchev–Trinajstić information content (AvgIpc) is 2.77. The Labute approximate surface area is 106 Å². The first-order chi connectivity index (χ1) is 8.15. The highest BCUT2D eigenvalue weighted by atomic mass is 16.7. The standard InChI is InChI=1S/C13H28N2O2/c1-11(2)8-15(10-13(16-3)17-4)9-12-6-5-7-14-12/h11-14H,5-10H2,1-4H3. The van der Waals surface area contributed by atoms with Crippen LogP contribution >= 0.6 is 0 Å². The molecule has 1 fully saturated rings. The lowest BCUT2D eigenvalue weighted by Gasteiger charge is -2.29. The first kappa shape index (κ1) is 14.9. The molecule has 1 N–H and O–H groups in total. The van der Waals surface area contributed by atoms with Crippen molar-refractivity contribution >= 4 is 0 Å². The van der Waals surface area contributed by atoms with E-state index < -0.39 is 0 Å². The van der Waals surface area contributed by atoms with Crippen LogP contribution in [0.15, 0.2) is 0 Å². The molecule has 1 atom stereocenters. The fraction of sp³-hybridized carbons (Fsp3) is 1.00. The highest BCUT2D eigenvalue weighted by Gasteiger charge is 2.20. The second-order valence-electron chi connectivity index (χ2n) is 5.31. The number of hydrogen-bond donors (Lipinski definition) is 1. The molecule has 0 amide bonds. The van der Waals surface area contributed by atoms with Gasteiger partial charge in [0.25, 0.3) is 0 Å². The maximum absolute atomic E-state index is 5.29. The zero-order valence-electron chi connectivity index (χ0n) is 11.7. The lowest BCUT2D eigenvalue weighted by Crippen LogP contribution is -2.43. The van der Waals surface area contributed by atoms with E-state index in [2.05, 4.69) is 24.1 Å². The second-order valence-corrected chi connectivity index (χ2v) is 5.31. The molecule has 4 nitrogen and oxygen atoms in total. The van der Waals surface area contributed by atoms with Crippen LogP contribution in [-0.4, -0.2) is 57.6 Å². The van der Waals surface area contributed by atoms with Gasteiger partial charge in [0, 0.05) is 39.9 Å². The van der Waals surface area contributed by atoms with Crippen molar-refractivity contribution < 1.29 is 9.47 Å². The fourth-order valence-electron chi connectivity index (χ4n) is 2.42. The molecule has 1 aliphatic rings. The summed E-state index contributed by atoms with van der Waals surface area (Å²) >= 11 is 0. The van der Waals surface area contributed by atoms with Crippen LogP contribution in [0.5, 0.6) is 0 Å². The number of nitrogens with zero attached hydrogens (tertiary/aromatic N) is 1. The van der Waals surface area contributed by atoms with Crippen molar-refractivity contribution in [3.8, 4) is 0 Å². The van der Waals surface area contributed by atoms with Gasteiger partial charge in [-0.1, -0.05) is 13.8 Å². The number of nitrogens with one attached hydrogen (secondary N) is 1. The van der Waals surface area contributed by atoms with E-state index in [4.69, 9.17) is 9.47 Å². The van der Waals surface area contributed by atoms with Crippen LogP contribution in [0.3, 0.4) is 0 Å². The summed E-state index contributed by atoms with van der Waals surface area (Å²) in [6, 6.07) is 0.642. The van der Waals surface area contributed by atoms with Crippen LogP contribution in [0.2, 0.25) is 0 Å². The first-order valence-electron chi connectivity index (χ1n) is 6.67. The van der Waals surface area contributed by atoms with E-state index in [1.807, 2.05) is 0 Å². The molecule has 1 aliphatic heterocycles. The van der Waals surface area contributed by atoms with Crippen molar-refractivity contribution in [3.63, 3.8) is 0 Å². The maximum atomic E-state index is 5.29. The minimum atomic E-state index is -0.116. The van der Waals surface area contributed by atoms with Crippen LogP contribution in [0.25, 0.3) is 0 Å². The number of methoxy groups -OCH3 is 2. The van der Waals surface area contributed by atoms with Gasteiger partial charge < -0.3 is 14.8 Å². The van der Waals surface area contributed by atoms with Crippen LogP contribution < -0.4 is 5.32 Å². The van der Waals surface area contributed by atoms with Gasteiger partial charge in [-0.2, -0.15) is 0 Å². The number of hydrogen-bond acceptors (Lipinski definition) is 4. The smallest absolute Gasteiger partial charge is 0.169 e. The van der Waals surface area contributed by atoms with Crippen LogP contribution in [-0.2, 0) is 9.47 Å². The molecule has 1 rings (SSSR count). The topological polar surface area (TPSA) is 33.7 Å². The summed E-state index contributed by atoms with van der Waals surface area (Å²) in [5, 5.41) is 3.55. The normalized spacial score (nSPS) is 21.0. The van der Waals surface area contributed by atoms with Crippen LogP contribution in [0.4, 0.5) is 0 Å². The average molecular weight is 244 g/mol. The van der Waals surface area contributed by atoms with Crippen LogP contribution in [0, 0.1) is 5.92 Å². The third-order valence-electron chi connectivity index (χ3n) is 3.20. The Balaban J connectivity index is 2.40. The van der Waals surface area contributed by atoms with E-state index >= 15 is 0 Å². The van der Waals surface area contributed by atoms with Crippen molar-refractivity contribution in [3.05, 3.63) is 0 Å². The Kier molecular flexibility index (Phi) is 7.04. The molecule has 1 unspecified atom stereocenters. The largest absolute Gasteiger partial charge is 0.355 e. The van der Waals surface area contributed by atoms with Gasteiger partial charge in [0.1, 0.15) is 0 Å². The van der Waals surface area contributed by atoms with E-state index in [1.165, 1.54) is 12.8 Å². The van der Waals surface area contributed by atoms with Crippen molar-refractivity contribution in [2.24, 2.45) is 5.92 Å². The highest BCUT2D eigenvalue weighted by molar-refractivity contribution is 4.78. The summed E-state index contributed by atoms with van der Waals surface area (Å²) in [4.78, 5) is 2.45. The third kappa shape index (κ3) is 5.82. The molecule has 0 aromatic rings. The van der Waals surface area contributed by atoms with Gasteiger partial charge in [0.15, 0.2) is 6.29 Å². The Morgan fingerprint density at radius 2 is 1.94 bits per heavy atom. The molecule has 0 aliphatic carbocycles. The van der Waals surface area contributed by atoms with E-state index in [0.717, 1.165) is 26.2 Å². The molecule has 0 aromatic carbocycles. The molecule has 17 heavy (non-hydrogen) atoms. The van der Waals surface area contributed by atoms with Gasteiger partial charge in [-0.25, -0.2) is 0 Å². The Morgan fingerprint density at radius 3 is 2.41 bits per heavy atom. The van der Waals surface area contributed by atoms with Gasteiger partial charge in [-0.15, -0.1) is 0 Å². The number of ether oxygens (including phenoxy) is 2. The van der Waals surface area contributed by atoms with E-state index in [9.17, 15) is 0 Å². The lowest BCUT2D eigenvalue weighted by atomic mass is 10.1. The molecule has 1 saturated heterocycles. The summed E-state index contributed by atoms with van der Waals surface area (Å²) < 4.78 is 10.6. The predicted molar refractivity (Wildman–Crippen MR) is 70.1 cm³/mol. The van der Waals surface area contributed by atoms with Gasteiger partial charge in [0.05, 0.1) is 0 Å². The Hall–Kier alpha value is -0.160. The van der Waals surface area contributed by atoms with Gasteiger partial charge >= 0.3 is 0 Å². The van der Waals surface area contributed by atoms with Gasteiger partial charge in [-0.3, -0.25) is 4.90 Å². The number of rotatable bonds is 8. The quantitative estimate of drug-likeness (QED) is 0.653. The SMILES string of the molecule is COC(CN(CC(C)C)CC1CCCN1)OC. The zero-order chi connectivity index (χ0) is 12.7. The fourth-order valence-corrected chi connectivity index (χ4v) is 2.42. The van der Waals surface area contributed by atoms with Crippen molar-refractivity contribution in [2.45, 2.75) is 39.0 Å². The summed E-state index contributed by atoms with van der Waals surface area (Å²) in [6.45, 7) is 8.72. The zero-order valence-corrected chi connectivity index (χ0v) is 11.7. The second kappa shape index (κ2) is 8.03. The molecule has 0 aromatic heterocycles. The summed E-state index contributed by atoms with van der Waals surface area (Å²) in [5.41, 5.74) is 0. The Bertz CT molecular complexity index is 186. The molecule has 0 radical (unpaired) electrons. The highest BCUT2D eigenvalue weighted by Crippen LogP contribution is 2.10. The molecule has 0 spiro atoms. The van der Waals surface area contributed by atoms with Crippen molar-refractivity contribution in [1.82, 2.24) is 10.2 Å². The molecule has 4 heteroatoms. The molecular formula is C13H28N2O2. The maximum Gasteiger partial charge on any atom is 0.169 e. The molecule has 0 bridgehead atoms. The minimum Gasteiger partial charge on any atom is -0.355 e. The van der Waals surface area contributed by atoms with Gasteiger partial charge in [-0.05, 0) is 25.3 Å². The summed E-state index contributed by atoms with van der Waals surface area (Å²) in [7, 11) is 3.41. The minimum absolute atomic E-state index is 0.116. The monoisotopic (exact) mass is 244 g/mol. The lowest BCUT2D eigenvalue weighted by molar-refractivity contribution is -0.117. The molecule has 0 saturated carbocycles. The molecular weight excluding hydrogens is 216 g/mol. The summed E-state index contributed by atoms with van der Waals surface area (Å²) in [6.07, 6.45) is 2.48. The third-order valence-corrected chi connectivity index (χ3v) is 3.20. The van der Waals surface area contributed by atoms with Crippen molar-refractivity contribution in [1.29, 1.82) is 0 Å². The van der Waals surface area contributed by atoms with Gasteiger partial charge in [0.2, 0.25) is 0 Å². The van der Waals surface area contributed by atoms with E-state index in [0.29, 0.717) is 12.0 Å². The van der Waals surface area contributed by atoms with Crippen LogP contribution in [0.1, 0.15) is 26.7 Å². The molecule has 102 valence electrons. The van der Waals surface area contributed by atoms with E-state index in [1.54, 1.807) is 14.2 Å². The summed E-state index contributed by atoms with van der Waals surface area (Å²) in [5.74, 6) is 0.672.